The summed E-state index contributed by atoms with van der Waals surface area (Å²) in [7, 11) is 1.60. The van der Waals surface area contributed by atoms with Gasteiger partial charge >= 0.3 is 0 Å². The summed E-state index contributed by atoms with van der Waals surface area (Å²) >= 11 is 0. The largest absolute Gasteiger partial charge is 0.497 e. The molecule has 0 saturated heterocycles. The van der Waals surface area contributed by atoms with E-state index in [9.17, 15) is 9.59 Å². The van der Waals surface area contributed by atoms with Crippen molar-refractivity contribution in [3.63, 3.8) is 0 Å². The molecule has 6 heteroatoms. The molecular formula is C22H23N3O3. The van der Waals surface area contributed by atoms with E-state index >= 15 is 0 Å². The van der Waals surface area contributed by atoms with Crippen molar-refractivity contribution in [3.8, 4) is 17.0 Å². The van der Waals surface area contributed by atoms with E-state index in [1.807, 2.05) is 56.3 Å². The van der Waals surface area contributed by atoms with Crippen LogP contribution < -0.4 is 15.6 Å². The highest BCUT2D eigenvalue weighted by Gasteiger charge is 2.09. The van der Waals surface area contributed by atoms with Crippen molar-refractivity contribution in [2.45, 2.75) is 26.9 Å². The fourth-order valence-electron chi connectivity index (χ4n) is 2.79. The van der Waals surface area contributed by atoms with Crippen LogP contribution in [0.1, 0.15) is 16.7 Å². The second-order valence-electron chi connectivity index (χ2n) is 6.64. The first-order valence-electron chi connectivity index (χ1n) is 9.01. The van der Waals surface area contributed by atoms with Gasteiger partial charge in [0, 0.05) is 18.2 Å². The number of methoxy groups -OCH3 is 1. The number of aryl methyl sites for hydroxylation is 2. The second-order valence-corrected chi connectivity index (χ2v) is 6.64. The number of benzene rings is 2. The van der Waals surface area contributed by atoms with Crippen LogP contribution in [0.3, 0.4) is 0 Å². The molecule has 0 bridgehead atoms. The van der Waals surface area contributed by atoms with Crippen molar-refractivity contribution in [1.82, 2.24) is 15.1 Å². The lowest BCUT2D eigenvalue weighted by Gasteiger charge is -2.10. The van der Waals surface area contributed by atoms with E-state index in [2.05, 4.69) is 10.4 Å². The number of nitrogens with zero attached hydrogens (tertiary/aromatic N) is 2. The normalized spacial score (nSPS) is 10.5. The minimum atomic E-state index is -0.316. The van der Waals surface area contributed by atoms with Crippen molar-refractivity contribution in [2.24, 2.45) is 0 Å². The molecule has 2 aromatic carbocycles. The standard InChI is InChI=1S/C22H23N3O3/c1-15-7-8-18(11-16(15)2)20-9-10-22(27)25(24-20)14-21(26)23-13-17-5-4-6-19(12-17)28-3/h4-12H,13-14H2,1-3H3,(H,23,26). The van der Waals surface area contributed by atoms with Crippen LogP contribution >= 0.6 is 0 Å². The highest BCUT2D eigenvalue weighted by molar-refractivity contribution is 5.75. The zero-order valence-corrected chi connectivity index (χ0v) is 16.2. The maximum absolute atomic E-state index is 12.3. The summed E-state index contributed by atoms with van der Waals surface area (Å²) in [6, 6.07) is 16.6. The fraction of sp³-hybridized carbons (Fsp3) is 0.227. The number of hydrogen-bond acceptors (Lipinski definition) is 4. The van der Waals surface area contributed by atoms with E-state index in [1.54, 1.807) is 13.2 Å². The molecule has 0 aliphatic heterocycles. The molecule has 1 N–H and O–H groups in total. The summed E-state index contributed by atoms with van der Waals surface area (Å²) in [5.41, 5.74) is 4.50. The molecule has 6 nitrogen and oxygen atoms in total. The first kappa shape index (κ1) is 19.4. The highest BCUT2D eigenvalue weighted by atomic mass is 16.5. The molecule has 1 amide bonds. The third-order valence-corrected chi connectivity index (χ3v) is 4.59. The molecular weight excluding hydrogens is 354 g/mol. The Kier molecular flexibility index (Phi) is 5.89. The van der Waals surface area contributed by atoms with Crippen molar-refractivity contribution < 1.29 is 9.53 Å². The van der Waals surface area contributed by atoms with Gasteiger partial charge in [-0.15, -0.1) is 0 Å². The Morgan fingerprint density at radius 2 is 1.89 bits per heavy atom. The number of ether oxygens (including phenoxy) is 1. The van der Waals surface area contributed by atoms with Crippen LogP contribution in [0.15, 0.2) is 59.4 Å². The van der Waals surface area contributed by atoms with Crippen LogP contribution in [0.5, 0.6) is 5.75 Å². The van der Waals surface area contributed by atoms with Gasteiger partial charge in [0.2, 0.25) is 5.91 Å². The molecule has 0 fully saturated rings. The van der Waals surface area contributed by atoms with Gasteiger partial charge in [0.1, 0.15) is 12.3 Å². The number of carbonyl (C=O) groups excluding carboxylic acids is 1. The molecule has 1 heterocycles. The molecule has 1 aromatic heterocycles. The fourth-order valence-corrected chi connectivity index (χ4v) is 2.79. The molecule has 28 heavy (non-hydrogen) atoms. The first-order chi connectivity index (χ1) is 13.5. The average Bonchev–Trinajstić information content (AvgIpc) is 2.70. The zero-order chi connectivity index (χ0) is 20.1. The maximum atomic E-state index is 12.3. The van der Waals surface area contributed by atoms with E-state index in [4.69, 9.17) is 4.74 Å². The first-order valence-corrected chi connectivity index (χ1v) is 9.01. The van der Waals surface area contributed by atoms with Crippen molar-refractivity contribution >= 4 is 5.91 Å². The van der Waals surface area contributed by atoms with Gasteiger partial charge in [0.05, 0.1) is 12.8 Å². The predicted molar refractivity (Wildman–Crippen MR) is 108 cm³/mol. The summed E-state index contributed by atoms with van der Waals surface area (Å²) in [5.74, 6) is 0.445. The van der Waals surface area contributed by atoms with Gasteiger partial charge in [-0.1, -0.05) is 24.3 Å². The lowest BCUT2D eigenvalue weighted by Crippen LogP contribution is -2.33. The van der Waals surface area contributed by atoms with Crippen LogP contribution in [0, 0.1) is 13.8 Å². The van der Waals surface area contributed by atoms with Crippen molar-refractivity contribution in [3.05, 3.63) is 81.6 Å². The lowest BCUT2D eigenvalue weighted by molar-refractivity contribution is -0.122. The Morgan fingerprint density at radius 1 is 1.07 bits per heavy atom. The Labute approximate surface area is 163 Å². The number of aromatic nitrogens is 2. The molecule has 3 rings (SSSR count). The summed E-state index contributed by atoms with van der Waals surface area (Å²) in [5, 5.41) is 7.17. The topological polar surface area (TPSA) is 73.2 Å². The van der Waals surface area contributed by atoms with E-state index in [-0.39, 0.29) is 18.0 Å². The molecule has 0 aliphatic rings. The number of nitrogens with one attached hydrogen (secondary N) is 1. The molecule has 3 aromatic rings. The minimum Gasteiger partial charge on any atom is -0.497 e. The molecule has 0 aliphatic carbocycles. The average molecular weight is 377 g/mol. The zero-order valence-electron chi connectivity index (χ0n) is 16.2. The SMILES string of the molecule is COc1cccc(CNC(=O)Cn2nc(-c3ccc(C)c(C)c3)ccc2=O)c1. The van der Waals surface area contributed by atoms with Gasteiger partial charge in [0.25, 0.3) is 5.56 Å². The van der Waals surface area contributed by atoms with Crippen LogP contribution in [0.2, 0.25) is 0 Å². The highest BCUT2D eigenvalue weighted by Crippen LogP contribution is 2.19. The van der Waals surface area contributed by atoms with E-state index in [0.29, 0.717) is 12.2 Å². The van der Waals surface area contributed by atoms with Crippen LogP contribution in [0.4, 0.5) is 0 Å². The smallest absolute Gasteiger partial charge is 0.267 e. The van der Waals surface area contributed by atoms with Gasteiger partial charge in [-0.2, -0.15) is 5.10 Å². The third-order valence-electron chi connectivity index (χ3n) is 4.59. The Hall–Kier alpha value is -3.41. The monoisotopic (exact) mass is 377 g/mol. The lowest BCUT2D eigenvalue weighted by atomic mass is 10.0. The van der Waals surface area contributed by atoms with Gasteiger partial charge in [-0.05, 0) is 54.8 Å². The summed E-state index contributed by atoms with van der Waals surface area (Å²) in [4.78, 5) is 24.4. The van der Waals surface area contributed by atoms with E-state index in [0.717, 1.165) is 22.4 Å². The van der Waals surface area contributed by atoms with Crippen LogP contribution in [0.25, 0.3) is 11.3 Å². The molecule has 0 unspecified atom stereocenters. The molecule has 0 atom stereocenters. The summed E-state index contributed by atoms with van der Waals surface area (Å²) < 4.78 is 6.36. The molecule has 0 spiro atoms. The van der Waals surface area contributed by atoms with Gasteiger partial charge < -0.3 is 10.1 Å². The van der Waals surface area contributed by atoms with Crippen molar-refractivity contribution in [2.75, 3.05) is 7.11 Å². The van der Waals surface area contributed by atoms with Gasteiger partial charge in [-0.3, -0.25) is 9.59 Å². The van der Waals surface area contributed by atoms with Gasteiger partial charge in [0.15, 0.2) is 0 Å². The molecule has 0 radical (unpaired) electrons. The minimum absolute atomic E-state index is 0.137. The maximum Gasteiger partial charge on any atom is 0.267 e. The van der Waals surface area contributed by atoms with Crippen LogP contribution in [-0.2, 0) is 17.9 Å². The Morgan fingerprint density at radius 3 is 2.64 bits per heavy atom. The summed E-state index contributed by atoms with van der Waals surface area (Å²) in [6.45, 7) is 4.28. The predicted octanol–water partition coefficient (Wildman–Crippen LogP) is 2.85. The molecule has 144 valence electrons. The Bertz CT molecular complexity index is 1060. The van der Waals surface area contributed by atoms with E-state index < -0.39 is 0 Å². The third kappa shape index (κ3) is 4.65. The molecule has 0 saturated carbocycles. The van der Waals surface area contributed by atoms with Crippen molar-refractivity contribution in [1.29, 1.82) is 0 Å². The number of rotatable bonds is 6. The number of carbonyl (C=O) groups is 1. The quantitative estimate of drug-likeness (QED) is 0.717. The number of amides is 1. The number of hydrogen-bond donors (Lipinski definition) is 1. The van der Waals surface area contributed by atoms with Crippen LogP contribution in [-0.4, -0.2) is 22.8 Å². The van der Waals surface area contributed by atoms with Gasteiger partial charge in [-0.25, -0.2) is 4.68 Å². The summed E-state index contributed by atoms with van der Waals surface area (Å²) in [6.07, 6.45) is 0. The Balaban J connectivity index is 1.71. The van der Waals surface area contributed by atoms with E-state index in [1.165, 1.54) is 16.3 Å². The second kappa shape index (κ2) is 8.52.